The Balaban J connectivity index is 2.82. The lowest BCUT2D eigenvalue weighted by molar-refractivity contribution is -0.105. The zero-order valence-corrected chi connectivity index (χ0v) is 10.7. The molecular weight excluding hydrogens is 289 g/mol. The third-order valence-electron chi connectivity index (χ3n) is 1.85. The van der Waals surface area contributed by atoms with Gasteiger partial charge in [-0.15, -0.1) is 11.8 Å². The zero-order valence-electron chi connectivity index (χ0n) is 8.28. The highest BCUT2D eigenvalue weighted by atomic mass is 79.9. The number of rotatable bonds is 2. The van der Waals surface area contributed by atoms with Crippen molar-refractivity contribution in [3.8, 4) is 0 Å². The lowest BCUT2D eigenvalue weighted by Crippen LogP contribution is -2.10. The largest absolute Gasteiger partial charge is 0.398 e. The molecule has 1 rings (SSSR count). The zero-order chi connectivity index (χ0) is 11.6. The van der Waals surface area contributed by atoms with E-state index in [1.807, 2.05) is 19.9 Å². The Morgan fingerprint density at radius 1 is 1.20 bits per heavy atom. The number of alkyl halides is 3. The first kappa shape index (κ1) is 12.9. The molecule has 0 amide bonds. The van der Waals surface area contributed by atoms with Gasteiger partial charge in [-0.25, -0.2) is 0 Å². The van der Waals surface area contributed by atoms with Gasteiger partial charge in [-0.05, 0) is 31.0 Å². The van der Waals surface area contributed by atoms with Crippen LogP contribution in [0.1, 0.15) is 11.1 Å². The molecular formula is C10H10BrF3S. The van der Waals surface area contributed by atoms with Crippen LogP contribution >= 0.6 is 27.7 Å². The van der Waals surface area contributed by atoms with E-state index in [0.29, 0.717) is 4.90 Å². The topological polar surface area (TPSA) is 0 Å². The van der Waals surface area contributed by atoms with Gasteiger partial charge in [0.15, 0.2) is 0 Å². The summed E-state index contributed by atoms with van der Waals surface area (Å²) in [5.74, 6) is -0.844. The Hall–Kier alpha value is -0.160. The molecule has 0 saturated heterocycles. The van der Waals surface area contributed by atoms with Gasteiger partial charge in [-0.1, -0.05) is 22.0 Å². The van der Waals surface area contributed by atoms with Crippen LogP contribution in [0.2, 0.25) is 0 Å². The Morgan fingerprint density at radius 3 is 2.33 bits per heavy atom. The van der Waals surface area contributed by atoms with Crippen LogP contribution in [0, 0.1) is 13.8 Å². The van der Waals surface area contributed by atoms with Crippen molar-refractivity contribution in [3.05, 3.63) is 27.7 Å². The first-order valence-electron chi connectivity index (χ1n) is 4.26. The molecule has 0 spiro atoms. The molecule has 0 aliphatic carbocycles. The minimum Gasteiger partial charge on any atom is -0.170 e. The second kappa shape index (κ2) is 4.78. The molecule has 0 atom stereocenters. The Labute approximate surface area is 99.4 Å². The SMILES string of the molecule is Cc1cc(C)c(SCC(F)(F)F)cc1Br. The molecule has 5 heteroatoms. The summed E-state index contributed by atoms with van der Waals surface area (Å²) in [6.45, 7) is 3.73. The van der Waals surface area contributed by atoms with E-state index in [4.69, 9.17) is 0 Å². The van der Waals surface area contributed by atoms with Gasteiger partial charge >= 0.3 is 6.18 Å². The molecule has 15 heavy (non-hydrogen) atoms. The Kier molecular flexibility index (Phi) is 4.12. The molecule has 0 aliphatic rings. The summed E-state index contributed by atoms with van der Waals surface area (Å²) < 4.78 is 36.9. The molecule has 0 saturated carbocycles. The maximum atomic E-state index is 12.0. The third kappa shape index (κ3) is 4.07. The van der Waals surface area contributed by atoms with Crippen LogP contribution in [-0.4, -0.2) is 11.9 Å². The van der Waals surface area contributed by atoms with Crippen molar-refractivity contribution in [2.24, 2.45) is 0 Å². The normalized spacial score (nSPS) is 11.9. The minimum absolute atomic E-state index is 0.671. The van der Waals surface area contributed by atoms with E-state index in [2.05, 4.69) is 15.9 Å². The standard InChI is InChI=1S/C10H10BrF3S/c1-6-3-7(2)9(4-8(6)11)15-5-10(12,13)14/h3-4H,5H2,1-2H3. The van der Waals surface area contributed by atoms with Crippen molar-refractivity contribution in [2.45, 2.75) is 24.9 Å². The van der Waals surface area contributed by atoms with Crippen LogP contribution in [0.25, 0.3) is 0 Å². The Morgan fingerprint density at radius 2 is 1.80 bits per heavy atom. The molecule has 0 nitrogen and oxygen atoms in total. The van der Waals surface area contributed by atoms with E-state index >= 15 is 0 Å². The monoisotopic (exact) mass is 298 g/mol. The predicted molar refractivity (Wildman–Crippen MR) is 60.4 cm³/mol. The smallest absolute Gasteiger partial charge is 0.170 e. The highest BCUT2D eigenvalue weighted by molar-refractivity contribution is 9.10. The molecule has 0 aromatic heterocycles. The summed E-state index contributed by atoms with van der Waals surface area (Å²) >= 11 is 4.13. The molecule has 0 N–H and O–H groups in total. The number of thioether (sulfide) groups is 1. The van der Waals surface area contributed by atoms with Crippen molar-refractivity contribution in [1.82, 2.24) is 0 Å². The molecule has 0 unspecified atom stereocenters. The summed E-state index contributed by atoms with van der Waals surface area (Å²) in [5.41, 5.74) is 1.91. The fourth-order valence-electron chi connectivity index (χ4n) is 1.12. The molecule has 0 heterocycles. The van der Waals surface area contributed by atoms with E-state index in [1.54, 1.807) is 6.07 Å². The summed E-state index contributed by atoms with van der Waals surface area (Å²) in [7, 11) is 0. The van der Waals surface area contributed by atoms with Gasteiger partial charge in [-0.3, -0.25) is 0 Å². The van der Waals surface area contributed by atoms with Gasteiger partial charge in [0.2, 0.25) is 0 Å². The summed E-state index contributed by atoms with van der Waals surface area (Å²) in [6, 6.07) is 3.61. The van der Waals surface area contributed by atoms with Crippen molar-refractivity contribution in [1.29, 1.82) is 0 Å². The molecule has 1 aromatic rings. The van der Waals surface area contributed by atoms with Crippen LogP contribution in [-0.2, 0) is 0 Å². The summed E-state index contributed by atoms with van der Waals surface area (Å²) in [6.07, 6.45) is -4.12. The lowest BCUT2D eigenvalue weighted by Gasteiger charge is -2.10. The first-order valence-corrected chi connectivity index (χ1v) is 6.04. The van der Waals surface area contributed by atoms with Crippen molar-refractivity contribution >= 4 is 27.7 Å². The van der Waals surface area contributed by atoms with Crippen LogP contribution in [0.3, 0.4) is 0 Å². The van der Waals surface area contributed by atoms with Gasteiger partial charge in [0.05, 0.1) is 5.75 Å². The number of halogens is 4. The first-order chi connectivity index (χ1) is 6.79. The second-order valence-corrected chi connectivity index (χ2v) is 5.14. The fourth-order valence-corrected chi connectivity index (χ4v) is 2.42. The average Bonchev–Trinajstić information content (AvgIpc) is 2.07. The average molecular weight is 299 g/mol. The number of hydrogen-bond donors (Lipinski definition) is 0. The third-order valence-corrected chi connectivity index (χ3v) is 3.92. The number of hydrogen-bond acceptors (Lipinski definition) is 1. The number of aryl methyl sites for hydroxylation is 2. The Bertz CT molecular complexity index is 360. The molecule has 0 aliphatic heterocycles. The molecule has 0 bridgehead atoms. The summed E-state index contributed by atoms with van der Waals surface area (Å²) in [4.78, 5) is 0.671. The van der Waals surface area contributed by atoms with Crippen LogP contribution < -0.4 is 0 Å². The summed E-state index contributed by atoms with van der Waals surface area (Å²) in [5, 5.41) is 0. The van der Waals surface area contributed by atoms with Crippen LogP contribution in [0.4, 0.5) is 13.2 Å². The maximum absolute atomic E-state index is 12.0. The minimum atomic E-state index is -4.12. The van der Waals surface area contributed by atoms with E-state index in [0.717, 1.165) is 27.4 Å². The molecule has 0 radical (unpaired) electrons. The molecule has 0 fully saturated rings. The van der Waals surface area contributed by atoms with Crippen molar-refractivity contribution in [2.75, 3.05) is 5.75 Å². The van der Waals surface area contributed by atoms with Crippen LogP contribution in [0.15, 0.2) is 21.5 Å². The highest BCUT2D eigenvalue weighted by Crippen LogP contribution is 2.32. The van der Waals surface area contributed by atoms with Gasteiger partial charge in [0.25, 0.3) is 0 Å². The maximum Gasteiger partial charge on any atom is 0.398 e. The van der Waals surface area contributed by atoms with E-state index in [9.17, 15) is 13.2 Å². The van der Waals surface area contributed by atoms with Gasteiger partial charge in [0, 0.05) is 9.37 Å². The lowest BCUT2D eigenvalue weighted by atomic mass is 10.2. The molecule has 1 aromatic carbocycles. The molecule has 84 valence electrons. The predicted octanol–water partition coefficient (Wildman–Crippen LogP) is 4.72. The van der Waals surface area contributed by atoms with E-state index in [-0.39, 0.29) is 0 Å². The van der Waals surface area contributed by atoms with Crippen LogP contribution in [0.5, 0.6) is 0 Å². The van der Waals surface area contributed by atoms with Crippen molar-refractivity contribution in [3.63, 3.8) is 0 Å². The second-order valence-electron chi connectivity index (χ2n) is 3.27. The van der Waals surface area contributed by atoms with E-state index < -0.39 is 11.9 Å². The van der Waals surface area contributed by atoms with Gasteiger partial charge in [0.1, 0.15) is 0 Å². The quantitative estimate of drug-likeness (QED) is 0.712. The van der Waals surface area contributed by atoms with Gasteiger partial charge in [-0.2, -0.15) is 13.2 Å². The van der Waals surface area contributed by atoms with E-state index in [1.165, 1.54) is 0 Å². The van der Waals surface area contributed by atoms with Gasteiger partial charge < -0.3 is 0 Å². The highest BCUT2D eigenvalue weighted by Gasteiger charge is 2.27. The fraction of sp³-hybridized carbons (Fsp3) is 0.400. The van der Waals surface area contributed by atoms with Crippen molar-refractivity contribution < 1.29 is 13.2 Å². The number of benzene rings is 1.